The van der Waals surface area contributed by atoms with E-state index < -0.39 is 5.97 Å². The van der Waals surface area contributed by atoms with Crippen LogP contribution in [0.2, 0.25) is 0 Å². The highest BCUT2D eigenvalue weighted by molar-refractivity contribution is 5.71. The number of carbonyl (C=O) groups excluding carboxylic acids is 1. The predicted octanol–water partition coefficient (Wildman–Crippen LogP) is -0.472. The van der Waals surface area contributed by atoms with Gasteiger partial charge in [-0.1, -0.05) is 0 Å². The molecule has 4 nitrogen and oxygen atoms in total. The molecule has 0 bridgehead atoms. The molecule has 0 aliphatic heterocycles. The molecule has 0 aliphatic rings. The first-order valence-corrected chi connectivity index (χ1v) is 2.33. The fraction of sp³-hybridized carbons (Fsp3) is 0.750. The van der Waals surface area contributed by atoms with Crippen LogP contribution in [-0.2, 0) is 9.53 Å². The standard InChI is InChI=1S/C4H9NO3/c1-2-8-4(6)3-5-7/h5,7H,2-3H2,1H3. The lowest BCUT2D eigenvalue weighted by Gasteiger charge is -1.96. The number of ether oxygens (including phenoxy) is 1. The Morgan fingerprint density at radius 3 is 2.88 bits per heavy atom. The van der Waals surface area contributed by atoms with Gasteiger partial charge in [-0.15, -0.1) is 0 Å². The van der Waals surface area contributed by atoms with Crippen LogP contribution >= 0.6 is 0 Å². The molecule has 0 spiro atoms. The zero-order valence-electron chi connectivity index (χ0n) is 4.68. The Hall–Kier alpha value is -0.610. The summed E-state index contributed by atoms with van der Waals surface area (Å²) in [5.41, 5.74) is 1.68. The molecule has 0 aromatic rings. The van der Waals surface area contributed by atoms with Gasteiger partial charge in [-0.2, -0.15) is 5.48 Å². The van der Waals surface area contributed by atoms with Crippen LogP contribution in [0.3, 0.4) is 0 Å². The zero-order valence-corrected chi connectivity index (χ0v) is 4.68. The van der Waals surface area contributed by atoms with Crippen LogP contribution in [0.4, 0.5) is 0 Å². The first kappa shape index (κ1) is 7.39. The van der Waals surface area contributed by atoms with E-state index in [4.69, 9.17) is 5.21 Å². The molecular formula is C4H9NO3. The average Bonchev–Trinajstić information content (AvgIpc) is 1.68. The van der Waals surface area contributed by atoms with Gasteiger partial charge in [0.1, 0.15) is 6.54 Å². The second-order valence-corrected chi connectivity index (χ2v) is 1.14. The molecule has 0 unspecified atom stereocenters. The molecule has 0 aromatic heterocycles. The number of rotatable bonds is 3. The summed E-state index contributed by atoms with van der Waals surface area (Å²) in [5, 5.41) is 7.91. The molecule has 0 aliphatic carbocycles. The van der Waals surface area contributed by atoms with Crippen LogP contribution in [0.1, 0.15) is 6.92 Å². The van der Waals surface area contributed by atoms with E-state index in [9.17, 15) is 4.79 Å². The Morgan fingerprint density at radius 1 is 1.88 bits per heavy atom. The Bertz CT molecular complexity index is 65.7. The van der Waals surface area contributed by atoms with E-state index in [2.05, 4.69) is 4.74 Å². The van der Waals surface area contributed by atoms with E-state index in [0.29, 0.717) is 6.61 Å². The molecule has 48 valence electrons. The molecule has 0 aromatic carbocycles. The normalized spacial score (nSPS) is 8.75. The predicted molar refractivity (Wildman–Crippen MR) is 26.4 cm³/mol. The quantitative estimate of drug-likeness (QED) is 0.389. The molecule has 2 N–H and O–H groups in total. The zero-order chi connectivity index (χ0) is 6.41. The van der Waals surface area contributed by atoms with Crippen molar-refractivity contribution >= 4 is 5.97 Å². The monoisotopic (exact) mass is 119 g/mol. The molecule has 0 atom stereocenters. The molecule has 0 fully saturated rings. The number of nitrogens with one attached hydrogen (secondary N) is 1. The summed E-state index contributed by atoms with van der Waals surface area (Å²) in [5.74, 6) is -0.449. The molecule has 0 rings (SSSR count). The van der Waals surface area contributed by atoms with Crippen molar-refractivity contribution < 1.29 is 14.7 Å². The number of carbonyl (C=O) groups is 1. The van der Waals surface area contributed by atoms with Crippen molar-refractivity contribution in [3.8, 4) is 0 Å². The minimum atomic E-state index is -0.449. The largest absolute Gasteiger partial charge is 0.465 e. The first-order valence-electron chi connectivity index (χ1n) is 2.33. The smallest absolute Gasteiger partial charge is 0.322 e. The third kappa shape index (κ3) is 3.58. The van der Waals surface area contributed by atoms with Crippen molar-refractivity contribution in [1.29, 1.82) is 0 Å². The highest BCUT2D eigenvalue weighted by atomic mass is 16.5. The number of hydroxylamine groups is 1. The lowest BCUT2D eigenvalue weighted by atomic mass is 10.7. The van der Waals surface area contributed by atoms with Gasteiger partial charge >= 0.3 is 5.97 Å². The molecule has 0 heterocycles. The topological polar surface area (TPSA) is 58.6 Å². The highest BCUT2D eigenvalue weighted by Gasteiger charge is 1.95. The fourth-order valence-electron chi connectivity index (χ4n) is 0.277. The SMILES string of the molecule is CCOC(=O)CNO. The van der Waals surface area contributed by atoms with E-state index in [1.807, 2.05) is 0 Å². The summed E-state index contributed by atoms with van der Waals surface area (Å²) in [6.07, 6.45) is 0. The Morgan fingerprint density at radius 2 is 2.50 bits per heavy atom. The van der Waals surface area contributed by atoms with Crippen molar-refractivity contribution in [1.82, 2.24) is 5.48 Å². The van der Waals surface area contributed by atoms with Crippen molar-refractivity contribution in [3.05, 3.63) is 0 Å². The van der Waals surface area contributed by atoms with Crippen LogP contribution < -0.4 is 5.48 Å². The first-order chi connectivity index (χ1) is 3.81. The van der Waals surface area contributed by atoms with Crippen LogP contribution in [0.25, 0.3) is 0 Å². The highest BCUT2D eigenvalue weighted by Crippen LogP contribution is 1.71. The Balaban J connectivity index is 3.06. The van der Waals surface area contributed by atoms with Crippen molar-refractivity contribution in [2.75, 3.05) is 13.2 Å². The molecule has 8 heavy (non-hydrogen) atoms. The van der Waals surface area contributed by atoms with Gasteiger partial charge in [0.15, 0.2) is 0 Å². The minimum absolute atomic E-state index is 0.145. The number of hydrogen-bond donors (Lipinski definition) is 2. The number of esters is 1. The fourth-order valence-corrected chi connectivity index (χ4v) is 0.277. The summed E-state index contributed by atoms with van der Waals surface area (Å²) in [7, 11) is 0. The molecular weight excluding hydrogens is 110 g/mol. The van der Waals surface area contributed by atoms with Crippen molar-refractivity contribution in [3.63, 3.8) is 0 Å². The molecule has 0 saturated carbocycles. The van der Waals surface area contributed by atoms with Crippen LogP contribution in [-0.4, -0.2) is 24.3 Å². The maximum absolute atomic E-state index is 10.2. The molecule has 0 radical (unpaired) electrons. The maximum Gasteiger partial charge on any atom is 0.322 e. The van der Waals surface area contributed by atoms with Crippen LogP contribution in [0, 0.1) is 0 Å². The van der Waals surface area contributed by atoms with Gasteiger partial charge in [-0.25, -0.2) is 0 Å². The van der Waals surface area contributed by atoms with E-state index in [1.165, 1.54) is 0 Å². The summed E-state index contributed by atoms with van der Waals surface area (Å²) in [6, 6.07) is 0. The summed E-state index contributed by atoms with van der Waals surface area (Å²) in [6.45, 7) is 1.91. The van der Waals surface area contributed by atoms with Gasteiger partial charge in [-0.3, -0.25) is 4.79 Å². The van der Waals surface area contributed by atoms with Crippen LogP contribution in [0.5, 0.6) is 0 Å². The minimum Gasteiger partial charge on any atom is -0.465 e. The lowest BCUT2D eigenvalue weighted by Crippen LogP contribution is -2.21. The van der Waals surface area contributed by atoms with Gasteiger partial charge in [0.05, 0.1) is 6.61 Å². The summed E-state index contributed by atoms with van der Waals surface area (Å²) in [4.78, 5) is 10.2. The van der Waals surface area contributed by atoms with Gasteiger partial charge < -0.3 is 9.94 Å². The molecule has 0 amide bonds. The second-order valence-electron chi connectivity index (χ2n) is 1.14. The van der Waals surface area contributed by atoms with E-state index >= 15 is 0 Å². The van der Waals surface area contributed by atoms with Gasteiger partial charge in [0.25, 0.3) is 0 Å². The lowest BCUT2D eigenvalue weighted by molar-refractivity contribution is -0.143. The summed E-state index contributed by atoms with van der Waals surface area (Å²) < 4.78 is 4.42. The Kier molecular flexibility index (Phi) is 4.20. The molecule has 4 heteroatoms. The van der Waals surface area contributed by atoms with Gasteiger partial charge in [0, 0.05) is 0 Å². The number of hydrogen-bond acceptors (Lipinski definition) is 4. The van der Waals surface area contributed by atoms with E-state index in [-0.39, 0.29) is 6.54 Å². The average molecular weight is 119 g/mol. The van der Waals surface area contributed by atoms with Gasteiger partial charge in [-0.05, 0) is 6.92 Å². The molecule has 0 saturated heterocycles. The van der Waals surface area contributed by atoms with Crippen molar-refractivity contribution in [2.45, 2.75) is 6.92 Å². The third-order valence-electron chi connectivity index (χ3n) is 0.529. The second kappa shape index (κ2) is 4.55. The third-order valence-corrected chi connectivity index (χ3v) is 0.529. The maximum atomic E-state index is 10.2. The van der Waals surface area contributed by atoms with Crippen LogP contribution in [0.15, 0.2) is 0 Å². The Labute approximate surface area is 47.4 Å². The van der Waals surface area contributed by atoms with Gasteiger partial charge in [0.2, 0.25) is 0 Å². The van der Waals surface area contributed by atoms with Crippen molar-refractivity contribution in [2.24, 2.45) is 0 Å². The van der Waals surface area contributed by atoms with E-state index in [1.54, 1.807) is 12.4 Å². The van der Waals surface area contributed by atoms with E-state index in [0.717, 1.165) is 0 Å². The summed E-state index contributed by atoms with van der Waals surface area (Å²) >= 11 is 0.